The highest BCUT2D eigenvalue weighted by molar-refractivity contribution is 6.02. The van der Waals surface area contributed by atoms with Crippen LogP contribution in [0.4, 0.5) is 5.69 Å². The van der Waals surface area contributed by atoms with Crippen molar-refractivity contribution in [2.45, 2.75) is 0 Å². The third-order valence-corrected chi connectivity index (χ3v) is 3.02. The van der Waals surface area contributed by atoms with E-state index in [9.17, 15) is 0 Å². The van der Waals surface area contributed by atoms with Crippen molar-refractivity contribution in [1.29, 1.82) is 0 Å². The van der Waals surface area contributed by atoms with E-state index in [2.05, 4.69) is 41.4 Å². The molecule has 16 heavy (non-hydrogen) atoms. The van der Waals surface area contributed by atoms with Crippen molar-refractivity contribution in [2.24, 2.45) is 16.8 Å². The molecule has 0 radical (unpaired) electrons. The molecular formula is C15H13N. The van der Waals surface area contributed by atoms with Crippen LogP contribution in [-0.2, 0) is 0 Å². The Balaban J connectivity index is 1.92. The Kier molecular flexibility index (Phi) is 2.30. The minimum absolute atomic E-state index is 0.435. The van der Waals surface area contributed by atoms with E-state index in [1.807, 2.05) is 30.3 Å². The number of hydrogen-bond acceptors (Lipinski definition) is 1. The highest BCUT2D eigenvalue weighted by Gasteiger charge is 2.25. The monoisotopic (exact) mass is 207 g/mol. The minimum Gasteiger partial charge on any atom is -0.253 e. The molecule has 0 saturated carbocycles. The van der Waals surface area contributed by atoms with Gasteiger partial charge in [-0.05, 0) is 18.2 Å². The zero-order valence-corrected chi connectivity index (χ0v) is 8.95. The minimum atomic E-state index is 0.435. The maximum atomic E-state index is 4.69. The van der Waals surface area contributed by atoms with Crippen LogP contribution >= 0.6 is 0 Å². The van der Waals surface area contributed by atoms with Crippen molar-refractivity contribution in [1.82, 2.24) is 0 Å². The molecule has 0 fully saturated rings. The third kappa shape index (κ3) is 1.65. The lowest BCUT2D eigenvalue weighted by Gasteiger charge is -2.15. The summed E-state index contributed by atoms with van der Waals surface area (Å²) in [5.41, 5.74) is 2.20. The van der Waals surface area contributed by atoms with E-state index in [1.165, 1.54) is 0 Å². The average molecular weight is 207 g/mol. The number of hydrogen-bond donors (Lipinski definition) is 0. The van der Waals surface area contributed by atoms with E-state index in [0.717, 1.165) is 11.4 Å². The maximum absolute atomic E-state index is 4.69. The van der Waals surface area contributed by atoms with Crippen molar-refractivity contribution in [3.63, 3.8) is 0 Å². The normalized spacial score (nSPS) is 28.6. The van der Waals surface area contributed by atoms with Crippen LogP contribution in [0, 0.1) is 11.8 Å². The van der Waals surface area contributed by atoms with E-state index < -0.39 is 0 Å². The average Bonchev–Trinajstić information content (AvgIpc) is 2.74. The second-order valence-electron chi connectivity index (χ2n) is 4.10. The Morgan fingerprint density at radius 3 is 2.56 bits per heavy atom. The van der Waals surface area contributed by atoms with Gasteiger partial charge in [0.25, 0.3) is 0 Å². The van der Waals surface area contributed by atoms with Crippen molar-refractivity contribution >= 4 is 11.4 Å². The van der Waals surface area contributed by atoms with Gasteiger partial charge in [-0.15, -0.1) is 0 Å². The highest BCUT2D eigenvalue weighted by Crippen LogP contribution is 2.30. The first-order valence-corrected chi connectivity index (χ1v) is 5.60. The third-order valence-electron chi connectivity index (χ3n) is 3.02. The number of fused-ring (bicyclic) bond motifs is 1. The summed E-state index contributed by atoms with van der Waals surface area (Å²) < 4.78 is 0. The molecule has 1 heteroatoms. The molecule has 0 amide bonds. The van der Waals surface area contributed by atoms with E-state index in [0.29, 0.717) is 11.8 Å². The van der Waals surface area contributed by atoms with E-state index in [-0.39, 0.29) is 0 Å². The molecule has 0 heterocycles. The van der Waals surface area contributed by atoms with Crippen LogP contribution in [0.1, 0.15) is 0 Å². The predicted octanol–water partition coefficient (Wildman–Crippen LogP) is 3.69. The molecule has 1 aromatic rings. The number of nitrogens with zero attached hydrogens (tertiary/aromatic N) is 1. The largest absolute Gasteiger partial charge is 0.253 e. The Morgan fingerprint density at radius 2 is 1.69 bits per heavy atom. The quantitative estimate of drug-likeness (QED) is 0.666. The summed E-state index contributed by atoms with van der Waals surface area (Å²) in [4.78, 5) is 4.69. The Bertz CT molecular complexity index is 491. The number of benzene rings is 1. The maximum Gasteiger partial charge on any atom is 0.0633 e. The van der Waals surface area contributed by atoms with E-state index in [1.54, 1.807) is 0 Å². The molecule has 0 aliphatic heterocycles. The van der Waals surface area contributed by atoms with E-state index >= 15 is 0 Å². The van der Waals surface area contributed by atoms with Gasteiger partial charge in [0.1, 0.15) is 0 Å². The van der Waals surface area contributed by atoms with Crippen LogP contribution < -0.4 is 0 Å². The first-order chi connectivity index (χ1) is 7.93. The lowest BCUT2D eigenvalue weighted by Crippen LogP contribution is -2.13. The second-order valence-corrected chi connectivity index (χ2v) is 4.10. The zero-order chi connectivity index (χ0) is 10.8. The zero-order valence-electron chi connectivity index (χ0n) is 8.95. The fraction of sp³-hybridized carbons (Fsp3) is 0.133. The molecule has 0 N–H and O–H groups in total. The van der Waals surface area contributed by atoms with E-state index in [4.69, 9.17) is 0 Å². The first-order valence-electron chi connectivity index (χ1n) is 5.60. The van der Waals surface area contributed by atoms with Gasteiger partial charge in [0.05, 0.1) is 5.69 Å². The van der Waals surface area contributed by atoms with Gasteiger partial charge in [-0.25, -0.2) is 0 Å². The van der Waals surface area contributed by atoms with Crippen LogP contribution in [0.25, 0.3) is 0 Å². The number of para-hydroxylation sites is 1. The topological polar surface area (TPSA) is 12.4 Å². The molecule has 78 valence electrons. The smallest absolute Gasteiger partial charge is 0.0633 e. The van der Waals surface area contributed by atoms with Gasteiger partial charge in [0.15, 0.2) is 0 Å². The molecule has 1 aromatic carbocycles. The highest BCUT2D eigenvalue weighted by atomic mass is 14.8. The molecule has 2 unspecified atom stereocenters. The Hall–Kier alpha value is -1.89. The molecule has 2 aliphatic carbocycles. The molecule has 2 aliphatic rings. The van der Waals surface area contributed by atoms with Gasteiger partial charge in [0, 0.05) is 17.5 Å². The van der Waals surface area contributed by atoms with Crippen LogP contribution in [0.15, 0.2) is 71.8 Å². The van der Waals surface area contributed by atoms with Gasteiger partial charge in [-0.3, -0.25) is 4.99 Å². The summed E-state index contributed by atoms with van der Waals surface area (Å²) in [7, 11) is 0. The fourth-order valence-electron chi connectivity index (χ4n) is 2.19. The lowest BCUT2D eigenvalue weighted by atomic mass is 9.90. The molecule has 0 aromatic heterocycles. The number of rotatable bonds is 1. The fourth-order valence-corrected chi connectivity index (χ4v) is 2.19. The summed E-state index contributed by atoms with van der Waals surface area (Å²) in [5, 5.41) is 0. The molecule has 0 spiro atoms. The van der Waals surface area contributed by atoms with Crippen molar-refractivity contribution in [3.8, 4) is 0 Å². The van der Waals surface area contributed by atoms with Crippen molar-refractivity contribution < 1.29 is 0 Å². The summed E-state index contributed by atoms with van der Waals surface area (Å²) in [6.07, 6.45) is 13.0. The standard InChI is InChI=1S/C15H13N/c1-2-7-13(8-3-1)16-15-11-10-12-6-4-5-9-14(12)15/h1-12,14H. The second kappa shape index (κ2) is 3.93. The molecule has 1 nitrogen and oxygen atoms in total. The predicted molar refractivity (Wildman–Crippen MR) is 67.9 cm³/mol. The molecular weight excluding hydrogens is 194 g/mol. The van der Waals surface area contributed by atoms with Crippen molar-refractivity contribution in [2.75, 3.05) is 0 Å². The van der Waals surface area contributed by atoms with Gasteiger partial charge in [0.2, 0.25) is 0 Å². The summed E-state index contributed by atoms with van der Waals surface area (Å²) in [6, 6.07) is 10.1. The van der Waals surface area contributed by atoms with Crippen LogP contribution in [0.2, 0.25) is 0 Å². The number of aliphatic imine (C=N–C) groups is 1. The first kappa shape index (κ1) is 9.34. The van der Waals surface area contributed by atoms with Crippen LogP contribution in [0.3, 0.4) is 0 Å². The Morgan fingerprint density at radius 1 is 0.875 bits per heavy atom. The summed E-state index contributed by atoms with van der Waals surface area (Å²) in [6.45, 7) is 0. The number of allylic oxidation sites excluding steroid dienone is 6. The van der Waals surface area contributed by atoms with Gasteiger partial charge in [-0.2, -0.15) is 0 Å². The summed E-state index contributed by atoms with van der Waals surface area (Å²) >= 11 is 0. The van der Waals surface area contributed by atoms with Crippen LogP contribution in [0.5, 0.6) is 0 Å². The van der Waals surface area contributed by atoms with Gasteiger partial charge < -0.3 is 0 Å². The molecule has 3 rings (SSSR count). The molecule has 0 bridgehead atoms. The van der Waals surface area contributed by atoms with Gasteiger partial charge in [-0.1, -0.05) is 48.6 Å². The van der Waals surface area contributed by atoms with Gasteiger partial charge >= 0.3 is 0 Å². The lowest BCUT2D eigenvalue weighted by molar-refractivity contribution is 0.727. The Labute approximate surface area is 95.5 Å². The molecule has 2 atom stereocenters. The molecule has 0 saturated heterocycles. The summed E-state index contributed by atoms with van der Waals surface area (Å²) in [5.74, 6) is 0.942. The van der Waals surface area contributed by atoms with Crippen molar-refractivity contribution in [3.05, 3.63) is 66.8 Å². The van der Waals surface area contributed by atoms with Crippen LogP contribution in [-0.4, -0.2) is 5.71 Å². The SMILES string of the molecule is C1=CC2C=CC(=Nc3ccccc3)C2C=C1.